The van der Waals surface area contributed by atoms with E-state index in [9.17, 15) is 18.0 Å². The second kappa shape index (κ2) is 10.0. The third-order valence-corrected chi connectivity index (χ3v) is 7.91. The maximum Gasteiger partial charge on any atom is 0.416 e. The number of hydrogen-bond donors (Lipinski definition) is 3. The van der Waals surface area contributed by atoms with Crippen LogP contribution in [0.25, 0.3) is 33.3 Å². The van der Waals surface area contributed by atoms with Crippen LogP contribution >= 0.6 is 0 Å². The van der Waals surface area contributed by atoms with Crippen LogP contribution in [0.2, 0.25) is 0 Å². The van der Waals surface area contributed by atoms with Crippen molar-refractivity contribution in [3.05, 3.63) is 77.5 Å². The summed E-state index contributed by atoms with van der Waals surface area (Å²) in [6.07, 6.45) is -0.332. The third-order valence-electron chi connectivity index (χ3n) is 7.91. The standard InChI is InChI=1S/C30H28F3N7O/c31-30(32,33)22-12-18(17-39-7-9-40(10-8-39)24-4-5-24)11-21(13-22)29(41)35-23-3-6-25-27(15-23)37-28(36-25)19-1-2-20-16-34-38-26(20)14-19/h1-3,6,11-16,24H,4-5,7-10,17H2,(H,34,38)(H,35,41)(H,36,37). The third kappa shape index (κ3) is 5.42. The Morgan fingerprint density at radius 2 is 1.80 bits per heavy atom. The number of nitrogens with zero attached hydrogens (tertiary/aromatic N) is 4. The number of carbonyl (C=O) groups is 1. The molecular formula is C30H28F3N7O. The molecule has 7 rings (SSSR count). The van der Waals surface area contributed by atoms with Gasteiger partial charge >= 0.3 is 6.18 Å². The van der Waals surface area contributed by atoms with Crippen LogP contribution in [0.1, 0.15) is 34.3 Å². The average molecular weight is 560 g/mol. The van der Waals surface area contributed by atoms with Gasteiger partial charge < -0.3 is 10.3 Å². The number of aromatic nitrogens is 4. The Bertz CT molecular complexity index is 1750. The van der Waals surface area contributed by atoms with Crippen molar-refractivity contribution in [2.75, 3.05) is 31.5 Å². The van der Waals surface area contributed by atoms with E-state index in [0.29, 0.717) is 40.7 Å². The highest BCUT2D eigenvalue weighted by atomic mass is 19.4. The number of amides is 1. The summed E-state index contributed by atoms with van der Waals surface area (Å²) < 4.78 is 41.3. The van der Waals surface area contributed by atoms with Gasteiger partial charge in [0.15, 0.2) is 0 Å². The first-order valence-corrected chi connectivity index (χ1v) is 13.7. The molecule has 5 aromatic rings. The number of fused-ring (bicyclic) bond motifs is 2. The Balaban J connectivity index is 1.10. The number of anilines is 1. The van der Waals surface area contributed by atoms with Crippen LogP contribution in [0.15, 0.2) is 60.8 Å². The molecule has 0 bridgehead atoms. The highest BCUT2D eigenvalue weighted by Crippen LogP contribution is 2.32. The van der Waals surface area contributed by atoms with E-state index in [2.05, 4.69) is 35.3 Å². The zero-order valence-electron chi connectivity index (χ0n) is 22.1. The lowest BCUT2D eigenvalue weighted by molar-refractivity contribution is -0.137. The molecule has 3 heterocycles. The molecule has 1 amide bonds. The SMILES string of the molecule is O=C(Nc1ccc2nc(-c3ccc4cn[nH]c4c3)[nH]c2c1)c1cc(CN2CCN(C3CC3)CC2)cc(C(F)(F)F)c1. The summed E-state index contributed by atoms with van der Waals surface area (Å²) in [5, 5.41) is 10.7. The van der Waals surface area contributed by atoms with Gasteiger partial charge in [-0.15, -0.1) is 0 Å². The molecule has 1 aliphatic carbocycles. The maximum atomic E-state index is 13.8. The Morgan fingerprint density at radius 1 is 0.976 bits per heavy atom. The smallest absolute Gasteiger partial charge is 0.338 e. The molecule has 0 spiro atoms. The minimum atomic E-state index is -4.56. The van der Waals surface area contributed by atoms with E-state index in [-0.39, 0.29) is 5.56 Å². The van der Waals surface area contributed by atoms with Gasteiger partial charge in [0.05, 0.1) is 28.3 Å². The molecule has 0 unspecified atom stereocenters. The van der Waals surface area contributed by atoms with Crippen LogP contribution in [0, 0.1) is 0 Å². The first kappa shape index (κ1) is 25.7. The number of imidazole rings is 1. The van der Waals surface area contributed by atoms with E-state index >= 15 is 0 Å². The molecule has 0 radical (unpaired) electrons. The molecule has 2 aromatic heterocycles. The second-order valence-corrected chi connectivity index (χ2v) is 10.9. The van der Waals surface area contributed by atoms with Gasteiger partial charge in [0.1, 0.15) is 5.82 Å². The summed E-state index contributed by atoms with van der Waals surface area (Å²) in [4.78, 5) is 25.7. The van der Waals surface area contributed by atoms with Crippen LogP contribution < -0.4 is 5.32 Å². The topological polar surface area (TPSA) is 92.9 Å². The van der Waals surface area contributed by atoms with Crippen molar-refractivity contribution in [3.8, 4) is 11.4 Å². The largest absolute Gasteiger partial charge is 0.416 e. The number of halogens is 3. The number of aromatic amines is 2. The number of rotatable bonds is 6. The lowest BCUT2D eigenvalue weighted by atomic mass is 10.0. The van der Waals surface area contributed by atoms with Gasteiger partial charge in [0, 0.05) is 61.0 Å². The van der Waals surface area contributed by atoms with Gasteiger partial charge in [-0.3, -0.25) is 19.7 Å². The van der Waals surface area contributed by atoms with Crippen LogP contribution in [-0.4, -0.2) is 68.1 Å². The summed E-state index contributed by atoms with van der Waals surface area (Å²) >= 11 is 0. The summed E-state index contributed by atoms with van der Waals surface area (Å²) in [7, 11) is 0. The van der Waals surface area contributed by atoms with E-state index in [1.54, 1.807) is 30.5 Å². The zero-order valence-corrected chi connectivity index (χ0v) is 22.1. The number of alkyl halides is 3. The van der Waals surface area contributed by atoms with E-state index < -0.39 is 17.6 Å². The molecule has 3 aromatic carbocycles. The van der Waals surface area contributed by atoms with Gasteiger partial charge in [0.2, 0.25) is 0 Å². The Morgan fingerprint density at radius 3 is 2.59 bits per heavy atom. The van der Waals surface area contributed by atoms with E-state index in [0.717, 1.165) is 54.8 Å². The molecule has 2 aliphatic rings. The van der Waals surface area contributed by atoms with Crippen LogP contribution in [-0.2, 0) is 12.7 Å². The highest BCUT2D eigenvalue weighted by Gasteiger charge is 2.33. The first-order valence-electron chi connectivity index (χ1n) is 13.7. The minimum Gasteiger partial charge on any atom is -0.338 e. The quantitative estimate of drug-likeness (QED) is 0.250. The van der Waals surface area contributed by atoms with Crippen molar-refractivity contribution < 1.29 is 18.0 Å². The normalized spacial score (nSPS) is 17.0. The average Bonchev–Trinajstić information content (AvgIpc) is 3.54. The van der Waals surface area contributed by atoms with Gasteiger partial charge in [-0.2, -0.15) is 18.3 Å². The Labute approximate surface area is 233 Å². The van der Waals surface area contributed by atoms with Crippen molar-refractivity contribution in [2.24, 2.45) is 0 Å². The van der Waals surface area contributed by atoms with E-state index in [1.165, 1.54) is 12.8 Å². The van der Waals surface area contributed by atoms with Crippen LogP contribution in [0.5, 0.6) is 0 Å². The van der Waals surface area contributed by atoms with Crippen molar-refractivity contribution in [3.63, 3.8) is 0 Å². The van der Waals surface area contributed by atoms with Crippen molar-refractivity contribution >= 4 is 33.5 Å². The molecule has 41 heavy (non-hydrogen) atoms. The van der Waals surface area contributed by atoms with Crippen LogP contribution in [0.4, 0.5) is 18.9 Å². The molecular weight excluding hydrogens is 531 g/mol. The Kier molecular flexibility index (Phi) is 6.28. The number of piperazine rings is 1. The molecule has 3 N–H and O–H groups in total. The fourth-order valence-electron chi connectivity index (χ4n) is 5.57. The van der Waals surface area contributed by atoms with E-state index in [4.69, 9.17) is 0 Å². The predicted octanol–water partition coefficient (Wildman–Crippen LogP) is 5.66. The summed E-state index contributed by atoms with van der Waals surface area (Å²) in [6.45, 7) is 3.82. The van der Waals surface area contributed by atoms with Gasteiger partial charge in [-0.05, 0) is 60.9 Å². The molecule has 8 nitrogen and oxygen atoms in total. The predicted molar refractivity (Wildman–Crippen MR) is 150 cm³/mol. The van der Waals surface area contributed by atoms with Crippen molar-refractivity contribution in [1.29, 1.82) is 0 Å². The van der Waals surface area contributed by atoms with Crippen LogP contribution in [0.3, 0.4) is 0 Å². The number of carbonyl (C=O) groups excluding carboxylic acids is 1. The molecule has 1 saturated carbocycles. The molecule has 2 fully saturated rings. The first-order chi connectivity index (χ1) is 19.8. The minimum absolute atomic E-state index is 0.0234. The number of hydrogen-bond acceptors (Lipinski definition) is 5. The van der Waals surface area contributed by atoms with Crippen molar-refractivity contribution in [1.82, 2.24) is 30.0 Å². The second-order valence-electron chi connectivity index (χ2n) is 10.9. The van der Waals surface area contributed by atoms with Gasteiger partial charge in [0.25, 0.3) is 5.91 Å². The molecule has 210 valence electrons. The zero-order chi connectivity index (χ0) is 28.1. The molecule has 11 heteroatoms. The maximum absolute atomic E-state index is 13.8. The number of benzene rings is 3. The number of nitrogens with one attached hydrogen (secondary N) is 3. The Hall–Kier alpha value is -4.22. The molecule has 1 aliphatic heterocycles. The summed E-state index contributed by atoms with van der Waals surface area (Å²) in [6, 6.07) is 15.3. The highest BCUT2D eigenvalue weighted by molar-refractivity contribution is 6.05. The lowest BCUT2D eigenvalue weighted by Gasteiger charge is -2.35. The number of H-pyrrole nitrogens is 2. The fraction of sp³-hybridized carbons (Fsp3) is 0.300. The summed E-state index contributed by atoms with van der Waals surface area (Å²) in [5.41, 5.74) is 3.24. The fourth-order valence-corrected chi connectivity index (χ4v) is 5.57. The molecule has 0 atom stereocenters. The van der Waals surface area contributed by atoms with Crippen molar-refractivity contribution in [2.45, 2.75) is 31.6 Å². The van der Waals surface area contributed by atoms with Gasteiger partial charge in [-0.1, -0.05) is 12.1 Å². The lowest BCUT2D eigenvalue weighted by Crippen LogP contribution is -2.46. The van der Waals surface area contributed by atoms with Gasteiger partial charge in [-0.25, -0.2) is 4.98 Å². The summed E-state index contributed by atoms with van der Waals surface area (Å²) in [5.74, 6) is 0.0557. The van der Waals surface area contributed by atoms with E-state index in [1.807, 2.05) is 18.2 Å². The molecule has 1 saturated heterocycles. The monoisotopic (exact) mass is 559 g/mol.